The first-order valence-electron chi connectivity index (χ1n) is 5.68. The Hall–Kier alpha value is -0.940. The summed E-state index contributed by atoms with van der Waals surface area (Å²) >= 11 is 0. The molecule has 0 spiro atoms. The van der Waals surface area contributed by atoms with E-state index >= 15 is 0 Å². The smallest absolute Gasteiger partial charge is 0.230 e. The fraction of sp³-hybridized carbons (Fsp3) is 0.818. The van der Waals surface area contributed by atoms with Gasteiger partial charge in [0.1, 0.15) is 0 Å². The predicted octanol–water partition coefficient (Wildman–Crippen LogP) is 0.934. The van der Waals surface area contributed by atoms with Crippen LogP contribution in [0.5, 0.6) is 0 Å². The third-order valence-corrected chi connectivity index (χ3v) is 2.71. The number of aromatic nitrogens is 2. The van der Waals surface area contributed by atoms with E-state index in [9.17, 15) is 5.11 Å². The molecule has 1 atom stereocenters. The first-order chi connectivity index (χ1) is 7.45. The minimum Gasteiger partial charge on any atom is -0.423 e. The molecule has 2 rings (SSSR count). The van der Waals surface area contributed by atoms with Crippen LogP contribution in [-0.4, -0.2) is 39.4 Å². The molecule has 2 heterocycles. The van der Waals surface area contributed by atoms with Crippen LogP contribution in [0.2, 0.25) is 0 Å². The molecule has 0 saturated carbocycles. The zero-order chi connectivity index (χ0) is 11.8. The average Bonchev–Trinajstić information content (AvgIpc) is 2.74. The van der Waals surface area contributed by atoms with Gasteiger partial charge in [-0.2, -0.15) is 0 Å². The molecule has 1 aromatic rings. The molecule has 1 fully saturated rings. The van der Waals surface area contributed by atoms with Crippen LogP contribution in [0.25, 0.3) is 0 Å². The van der Waals surface area contributed by atoms with Crippen molar-refractivity contribution in [1.29, 1.82) is 0 Å². The topological polar surface area (TPSA) is 62.4 Å². The summed E-state index contributed by atoms with van der Waals surface area (Å²) in [6, 6.07) is 0. The maximum absolute atomic E-state index is 9.40. The van der Waals surface area contributed by atoms with Crippen molar-refractivity contribution in [3.63, 3.8) is 0 Å². The second-order valence-corrected chi connectivity index (χ2v) is 5.43. The molecule has 16 heavy (non-hydrogen) atoms. The van der Waals surface area contributed by atoms with Gasteiger partial charge in [0.2, 0.25) is 11.8 Å². The Morgan fingerprint density at radius 2 is 2.19 bits per heavy atom. The van der Waals surface area contributed by atoms with Crippen LogP contribution >= 0.6 is 0 Å². The van der Waals surface area contributed by atoms with Crippen LogP contribution in [0.15, 0.2) is 4.42 Å². The highest BCUT2D eigenvalue weighted by molar-refractivity contribution is 4.96. The van der Waals surface area contributed by atoms with Crippen LogP contribution in [0.3, 0.4) is 0 Å². The Morgan fingerprint density at radius 3 is 2.69 bits per heavy atom. The molecule has 0 aromatic carbocycles. The SMILES string of the molecule is CC(C)(C)c1nnc(CN2CC[C@@H](O)C2)o1. The van der Waals surface area contributed by atoms with E-state index in [2.05, 4.69) is 15.1 Å². The molecule has 0 unspecified atom stereocenters. The van der Waals surface area contributed by atoms with Gasteiger partial charge in [-0.25, -0.2) is 0 Å². The van der Waals surface area contributed by atoms with E-state index in [1.807, 2.05) is 20.8 Å². The molecule has 1 aliphatic heterocycles. The van der Waals surface area contributed by atoms with E-state index in [4.69, 9.17) is 4.42 Å². The molecule has 90 valence electrons. The van der Waals surface area contributed by atoms with Crippen molar-refractivity contribution in [2.75, 3.05) is 13.1 Å². The van der Waals surface area contributed by atoms with E-state index in [0.29, 0.717) is 24.9 Å². The van der Waals surface area contributed by atoms with Crippen LogP contribution in [-0.2, 0) is 12.0 Å². The first-order valence-corrected chi connectivity index (χ1v) is 5.68. The summed E-state index contributed by atoms with van der Waals surface area (Å²) in [5.41, 5.74) is -0.101. The fourth-order valence-corrected chi connectivity index (χ4v) is 1.77. The van der Waals surface area contributed by atoms with Crippen molar-refractivity contribution < 1.29 is 9.52 Å². The van der Waals surface area contributed by atoms with E-state index in [-0.39, 0.29) is 11.5 Å². The van der Waals surface area contributed by atoms with Gasteiger partial charge < -0.3 is 9.52 Å². The molecular weight excluding hydrogens is 206 g/mol. The quantitative estimate of drug-likeness (QED) is 0.811. The van der Waals surface area contributed by atoms with E-state index in [0.717, 1.165) is 13.0 Å². The molecule has 0 bridgehead atoms. The predicted molar refractivity (Wildman–Crippen MR) is 58.9 cm³/mol. The van der Waals surface area contributed by atoms with E-state index in [1.54, 1.807) is 0 Å². The number of hydrogen-bond acceptors (Lipinski definition) is 5. The van der Waals surface area contributed by atoms with Gasteiger partial charge in [-0.3, -0.25) is 4.90 Å². The van der Waals surface area contributed by atoms with Crippen molar-refractivity contribution in [1.82, 2.24) is 15.1 Å². The number of hydrogen-bond donors (Lipinski definition) is 1. The molecule has 1 aromatic heterocycles. The monoisotopic (exact) mass is 225 g/mol. The molecule has 5 nitrogen and oxygen atoms in total. The second kappa shape index (κ2) is 4.14. The number of nitrogens with zero attached hydrogens (tertiary/aromatic N) is 3. The lowest BCUT2D eigenvalue weighted by Crippen LogP contribution is -2.21. The largest absolute Gasteiger partial charge is 0.423 e. The normalized spacial score (nSPS) is 22.9. The number of aliphatic hydroxyl groups is 1. The lowest BCUT2D eigenvalue weighted by atomic mass is 9.97. The Balaban J connectivity index is 1.98. The maximum Gasteiger partial charge on any atom is 0.230 e. The van der Waals surface area contributed by atoms with Gasteiger partial charge in [-0.05, 0) is 6.42 Å². The van der Waals surface area contributed by atoms with Crippen LogP contribution < -0.4 is 0 Å². The summed E-state index contributed by atoms with van der Waals surface area (Å²) in [4.78, 5) is 2.13. The average molecular weight is 225 g/mol. The van der Waals surface area contributed by atoms with Crippen molar-refractivity contribution in [2.24, 2.45) is 0 Å². The summed E-state index contributed by atoms with van der Waals surface area (Å²) in [6.45, 7) is 8.37. The second-order valence-electron chi connectivity index (χ2n) is 5.43. The minimum absolute atomic E-state index is 0.101. The minimum atomic E-state index is -0.204. The highest BCUT2D eigenvalue weighted by Gasteiger charge is 2.24. The fourth-order valence-electron chi connectivity index (χ4n) is 1.77. The summed E-state index contributed by atoms with van der Waals surface area (Å²) in [5, 5.41) is 17.5. The number of aliphatic hydroxyl groups excluding tert-OH is 1. The zero-order valence-corrected chi connectivity index (χ0v) is 10.1. The highest BCUT2D eigenvalue weighted by Crippen LogP contribution is 2.21. The Labute approximate surface area is 95.5 Å². The third kappa shape index (κ3) is 2.59. The number of β-amino-alcohol motifs (C(OH)–C–C–N with tert-alkyl or cyclic N) is 1. The molecule has 5 heteroatoms. The summed E-state index contributed by atoms with van der Waals surface area (Å²) < 4.78 is 5.60. The molecule has 1 saturated heterocycles. The Kier molecular flexibility index (Phi) is 2.99. The van der Waals surface area contributed by atoms with Gasteiger partial charge in [-0.15, -0.1) is 10.2 Å². The van der Waals surface area contributed by atoms with Crippen molar-refractivity contribution in [3.05, 3.63) is 11.8 Å². The van der Waals surface area contributed by atoms with Crippen molar-refractivity contribution >= 4 is 0 Å². The molecule has 0 amide bonds. The van der Waals surface area contributed by atoms with Gasteiger partial charge in [0.25, 0.3) is 0 Å². The lowest BCUT2D eigenvalue weighted by molar-refractivity contribution is 0.170. The van der Waals surface area contributed by atoms with E-state index in [1.165, 1.54) is 0 Å². The van der Waals surface area contributed by atoms with Crippen molar-refractivity contribution in [2.45, 2.75) is 45.3 Å². The summed E-state index contributed by atoms with van der Waals surface area (Å²) in [6.07, 6.45) is 0.630. The number of rotatable bonds is 2. The molecule has 0 radical (unpaired) electrons. The summed E-state index contributed by atoms with van der Waals surface area (Å²) in [7, 11) is 0. The van der Waals surface area contributed by atoms with Crippen LogP contribution in [0, 0.1) is 0 Å². The van der Waals surface area contributed by atoms with Crippen LogP contribution in [0.1, 0.15) is 39.0 Å². The highest BCUT2D eigenvalue weighted by atomic mass is 16.4. The zero-order valence-electron chi connectivity index (χ0n) is 10.1. The van der Waals surface area contributed by atoms with E-state index < -0.39 is 0 Å². The third-order valence-electron chi connectivity index (χ3n) is 2.71. The molecule has 0 aliphatic carbocycles. The maximum atomic E-state index is 9.40. The van der Waals surface area contributed by atoms with Gasteiger partial charge in [0.05, 0.1) is 12.6 Å². The van der Waals surface area contributed by atoms with Crippen LogP contribution in [0.4, 0.5) is 0 Å². The van der Waals surface area contributed by atoms with Gasteiger partial charge in [-0.1, -0.05) is 20.8 Å². The number of likely N-dealkylation sites (tertiary alicyclic amines) is 1. The summed E-state index contributed by atoms with van der Waals surface area (Å²) in [5.74, 6) is 1.31. The van der Waals surface area contributed by atoms with Crippen molar-refractivity contribution in [3.8, 4) is 0 Å². The van der Waals surface area contributed by atoms with Gasteiger partial charge in [0.15, 0.2) is 0 Å². The molecular formula is C11H19N3O2. The molecule has 1 N–H and O–H groups in total. The van der Waals surface area contributed by atoms with Gasteiger partial charge in [0, 0.05) is 18.5 Å². The molecule has 1 aliphatic rings. The Bertz CT molecular complexity index is 356. The Morgan fingerprint density at radius 1 is 1.44 bits per heavy atom. The first kappa shape index (κ1) is 11.5. The lowest BCUT2D eigenvalue weighted by Gasteiger charge is -2.13. The standard InChI is InChI=1S/C11H19N3O2/c1-11(2,3)10-13-12-9(16-10)7-14-5-4-8(15)6-14/h8,15H,4-7H2,1-3H3/t8-/m1/s1. The van der Waals surface area contributed by atoms with Gasteiger partial charge >= 0.3 is 0 Å².